The molecule has 0 aliphatic carbocycles. The second-order valence-electron chi connectivity index (χ2n) is 7.48. The molecule has 1 unspecified atom stereocenters. The summed E-state index contributed by atoms with van der Waals surface area (Å²) in [5.74, 6) is 0.233. The normalized spacial score (nSPS) is 11.5. The van der Waals surface area contributed by atoms with Crippen molar-refractivity contribution in [3.8, 4) is 11.5 Å². The first-order chi connectivity index (χ1) is 14.9. The van der Waals surface area contributed by atoms with Crippen LogP contribution >= 0.6 is 0 Å². The second-order valence-corrected chi connectivity index (χ2v) is 7.48. The minimum atomic E-state index is -0.764. The third-order valence-electron chi connectivity index (χ3n) is 4.95. The summed E-state index contributed by atoms with van der Waals surface area (Å²) in [5, 5.41) is 2.91. The number of carbonyl (C=O) groups is 2. The van der Waals surface area contributed by atoms with Gasteiger partial charge in [0.05, 0.1) is 0 Å². The lowest BCUT2D eigenvalue weighted by Gasteiger charge is -2.14. The molecule has 5 nitrogen and oxygen atoms in total. The molecule has 0 radical (unpaired) electrons. The largest absolute Gasteiger partial charge is 0.479 e. The zero-order valence-electron chi connectivity index (χ0n) is 18.3. The third kappa shape index (κ3) is 5.95. The van der Waals surface area contributed by atoms with Crippen molar-refractivity contribution in [1.29, 1.82) is 0 Å². The Morgan fingerprint density at radius 1 is 0.903 bits per heavy atom. The molecule has 0 bridgehead atoms. The highest BCUT2D eigenvalue weighted by Crippen LogP contribution is 2.20. The molecule has 1 N–H and O–H groups in total. The lowest BCUT2D eigenvalue weighted by molar-refractivity contribution is -0.141. The second kappa shape index (κ2) is 9.94. The molecule has 0 saturated heterocycles. The van der Waals surface area contributed by atoms with Gasteiger partial charge in [-0.15, -0.1) is 0 Å². The fourth-order valence-corrected chi connectivity index (χ4v) is 2.99. The summed E-state index contributed by atoms with van der Waals surface area (Å²) in [6, 6.07) is 19.9. The zero-order valence-corrected chi connectivity index (χ0v) is 18.3. The van der Waals surface area contributed by atoms with Crippen molar-refractivity contribution >= 4 is 17.6 Å². The molecule has 0 aromatic heterocycles. The molecular weight excluding hydrogens is 390 g/mol. The first-order valence-electron chi connectivity index (χ1n) is 10.3. The van der Waals surface area contributed by atoms with E-state index in [1.807, 2.05) is 56.3 Å². The standard InChI is InChI=1S/C26H27NO4/c1-5-20-8-12-22(13-9-20)30-19(4)26(29)31-23-14-10-21(11-15-23)25(28)27-24-16-17(2)6-7-18(24)3/h6-16,19H,5H2,1-4H3,(H,27,28). The molecule has 5 heteroatoms. The summed E-state index contributed by atoms with van der Waals surface area (Å²) < 4.78 is 11.0. The first-order valence-corrected chi connectivity index (χ1v) is 10.3. The average Bonchev–Trinajstić information content (AvgIpc) is 2.77. The number of hydrogen-bond acceptors (Lipinski definition) is 4. The van der Waals surface area contributed by atoms with Gasteiger partial charge in [0.15, 0.2) is 6.10 Å². The predicted molar refractivity (Wildman–Crippen MR) is 122 cm³/mol. The zero-order chi connectivity index (χ0) is 22.4. The Morgan fingerprint density at radius 3 is 2.19 bits per heavy atom. The Bertz CT molecular complexity index is 1060. The van der Waals surface area contributed by atoms with Gasteiger partial charge in [0.25, 0.3) is 5.91 Å². The molecular formula is C26H27NO4. The highest BCUT2D eigenvalue weighted by Gasteiger charge is 2.18. The summed E-state index contributed by atoms with van der Waals surface area (Å²) in [7, 11) is 0. The van der Waals surface area contributed by atoms with Gasteiger partial charge >= 0.3 is 5.97 Å². The van der Waals surface area contributed by atoms with Crippen LogP contribution in [0.4, 0.5) is 5.69 Å². The number of anilines is 1. The molecule has 0 fully saturated rings. The van der Waals surface area contributed by atoms with Gasteiger partial charge in [0.1, 0.15) is 11.5 Å². The van der Waals surface area contributed by atoms with Crippen LogP contribution in [0.3, 0.4) is 0 Å². The van der Waals surface area contributed by atoms with E-state index in [1.165, 1.54) is 5.56 Å². The van der Waals surface area contributed by atoms with Crippen LogP contribution in [-0.4, -0.2) is 18.0 Å². The molecule has 0 heterocycles. The highest BCUT2D eigenvalue weighted by molar-refractivity contribution is 6.04. The highest BCUT2D eigenvalue weighted by atomic mass is 16.6. The van der Waals surface area contributed by atoms with Gasteiger partial charge in [-0.3, -0.25) is 4.79 Å². The molecule has 0 saturated carbocycles. The van der Waals surface area contributed by atoms with Gasteiger partial charge in [-0.05, 0) is 86.3 Å². The molecule has 160 valence electrons. The van der Waals surface area contributed by atoms with E-state index in [2.05, 4.69) is 12.2 Å². The maximum absolute atomic E-state index is 12.5. The maximum Gasteiger partial charge on any atom is 0.352 e. The SMILES string of the molecule is CCc1ccc(OC(C)C(=O)Oc2ccc(C(=O)Nc3cc(C)ccc3C)cc2)cc1. The predicted octanol–water partition coefficient (Wildman–Crippen LogP) is 5.49. The maximum atomic E-state index is 12.5. The van der Waals surface area contributed by atoms with Gasteiger partial charge in [0.2, 0.25) is 0 Å². The minimum Gasteiger partial charge on any atom is -0.479 e. The van der Waals surface area contributed by atoms with E-state index in [-0.39, 0.29) is 5.91 Å². The van der Waals surface area contributed by atoms with Gasteiger partial charge in [-0.1, -0.05) is 31.2 Å². The Morgan fingerprint density at radius 2 is 1.55 bits per heavy atom. The minimum absolute atomic E-state index is 0.223. The monoisotopic (exact) mass is 417 g/mol. The fourth-order valence-electron chi connectivity index (χ4n) is 2.99. The number of hydrogen-bond donors (Lipinski definition) is 1. The van der Waals surface area contributed by atoms with E-state index in [0.717, 1.165) is 23.2 Å². The van der Waals surface area contributed by atoms with E-state index < -0.39 is 12.1 Å². The van der Waals surface area contributed by atoms with E-state index in [4.69, 9.17) is 9.47 Å². The van der Waals surface area contributed by atoms with Crippen LogP contribution in [0.15, 0.2) is 66.7 Å². The molecule has 0 aliphatic heterocycles. The van der Waals surface area contributed by atoms with Crippen molar-refractivity contribution in [3.63, 3.8) is 0 Å². The summed E-state index contributed by atoms with van der Waals surface area (Å²) in [5.41, 5.74) is 4.51. The molecule has 31 heavy (non-hydrogen) atoms. The first kappa shape index (κ1) is 22.1. The van der Waals surface area contributed by atoms with Crippen molar-refractivity contribution in [3.05, 3.63) is 89.0 Å². The quantitative estimate of drug-likeness (QED) is 0.408. The van der Waals surface area contributed by atoms with Gasteiger partial charge in [0, 0.05) is 11.3 Å². The van der Waals surface area contributed by atoms with Crippen LogP contribution < -0.4 is 14.8 Å². The third-order valence-corrected chi connectivity index (χ3v) is 4.95. The summed E-state index contributed by atoms with van der Waals surface area (Å²) in [6.07, 6.45) is 0.177. The fraction of sp³-hybridized carbons (Fsp3) is 0.231. The van der Waals surface area contributed by atoms with Crippen molar-refractivity contribution in [2.45, 2.75) is 40.2 Å². The van der Waals surface area contributed by atoms with Crippen LogP contribution in [0.2, 0.25) is 0 Å². The van der Waals surface area contributed by atoms with Crippen LogP contribution in [-0.2, 0) is 11.2 Å². The van der Waals surface area contributed by atoms with Gasteiger partial charge < -0.3 is 14.8 Å². The molecule has 3 aromatic rings. The van der Waals surface area contributed by atoms with E-state index in [9.17, 15) is 9.59 Å². The van der Waals surface area contributed by atoms with Crippen LogP contribution in [0.25, 0.3) is 0 Å². The number of amides is 1. The summed E-state index contributed by atoms with van der Waals surface area (Å²) in [4.78, 5) is 24.9. The van der Waals surface area contributed by atoms with E-state index in [1.54, 1.807) is 31.2 Å². The van der Waals surface area contributed by atoms with Crippen molar-refractivity contribution in [2.24, 2.45) is 0 Å². The number of ether oxygens (including phenoxy) is 2. The van der Waals surface area contributed by atoms with Crippen LogP contribution in [0.5, 0.6) is 11.5 Å². The van der Waals surface area contributed by atoms with E-state index in [0.29, 0.717) is 17.1 Å². The molecule has 3 rings (SSSR count). The Kier molecular flexibility index (Phi) is 7.08. The molecule has 1 atom stereocenters. The topological polar surface area (TPSA) is 64.6 Å². The number of benzene rings is 3. The Balaban J connectivity index is 1.58. The van der Waals surface area contributed by atoms with Crippen LogP contribution in [0.1, 0.15) is 40.9 Å². The van der Waals surface area contributed by atoms with Crippen molar-refractivity contribution in [2.75, 3.05) is 5.32 Å². The Labute approximate surface area is 183 Å². The number of carbonyl (C=O) groups excluding carboxylic acids is 2. The number of rotatable bonds is 7. The number of esters is 1. The van der Waals surface area contributed by atoms with E-state index >= 15 is 0 Å². The number of aryl methyl sites for hydroxylation is 3. The molecule has 0 spiro atoms. The summed E-state index contributed by atoms with van der Waals surface area (Å²) >= 11 is 0. The lowest BCUT2D eigenvalue weighted by Crippen LogP contribution is -2.28. The van der Waals surface area contributed by atoms with Gasteiger partial charge in [-0.2, -0.15) is 0 Å². The summed E-state index contributed by atoms with van der Waals surface area (Å²) in [6.45, 7) is 7.64. The smallest absolute Gasteiger partial charge is 0.352 e. The molecule has 1 amide bonds. The van der Waals surface area contributed by atoms with Crippen molar-refractivity contribution in [1.82, 2.24) is 0 Å². The lowest BCUT2D eigenvalue weighted by atomic mass is 10.1. The number of nitrogens with one attached hydrogen (secondary N) is 1. The average molecular weight is 418 g/mol. The molecule has 0 aliphatic rings. The van der Waals surface area contributed by atoms with Gasteiger partial charge in [-0.25, -0.2) is 4.79 Å². The molecule has 3 aromatic carbocycles. The Hall–Kier alpha value is -3.60. The van der Waals surface area contributed by atoms with Crippen molar-refractivity contribution < 1.29 is 19.1 Å². The van der Waals surface area contributed by atoms with Crippen LogP contribution in [0, 0.1) is 13.8 Å².